The first-order valence-corrected chi connectivity index (χ1v) is 9.66. The molecule has 1 fully saturated rings. The van der Waals surface area contributed by atoms with Crippen molar-refractivity contribution in [2.75, 3.05) is 39.8 Å². The van der Waals surface area contributed by atoms with Crippen molar-refractivity contribution in [1.82, 2.24) is 15.5 Å². The number of carbonyl (C=O) groups excluding carboxylic acids is 2. The Hall–Kier alpha value is -2.64. The number of benzene rings is 1. The van der Waals surface area contributed by atoms with E-state index >= 15 is 0 Å². The number of nitrogens with zero attached hydrogens (tertiary/aromatic N) is 2. The summed E-state index contributed by atoms with van der Waals surface area (Å²) in [7, 11) is 1.70. The molecule has 1 heterocycles. The van der Waals surface area contributed by atoms with Crippen LogP contribution in [0.1, 0.15) is 25.3 Å². The Morgan fingerprint density at radius 1 is 1.25 bits per heavy atom. The van der Waals surface area contributed by atoms with Crippen LogP contribution in [0.5, 0.6) is 0 Å². The Kier molecular flexibility index (Phi) is 8.71. The fraction of sp³-hybridized carbons (Fsp3) is 0.550. The van der Waals surface area contributed by atoms with Crippen LogP contribution in [0, 0.1) is 11.7 Å². The summed E-state index contributed by atoms with van der Waals surface area (Å²) in [6.45, 7) is 4.56. The van der Waals surface area contributed by atoms with Gasteiger partial charge in [-0.15, -0.1) is 0 Å². The van der Waals surface area contributed by atoms with Crippen molar-refractivity contribution in [3.63, 3.8) is 0 Å². The van der Waals surface area contributed by atoms with E-state index in [9.17, 15) is 14.0 Å². The van der Waals surface area contributed by atoms with E-state index in [1.165, 1.54) is 12.1 Å². The van der Waals surface area contributed by atoms with Gasteiger partial charge < -0.3 is 20.3 Å². The Morgan fingerprint density at radius 2 is 1.96 bits per heavy atom. The van der Waals surface area contributed by atoms with Gasteiger partial charge in [0.05, 0.1) is 18.9 Å². The van der Waals surface area contributed by atoms with E-state index in [1.807, 2.05) is 11.8 Å². The minimum Gasteiger partial charge on any atom is -0.466 e. The van der Waals surface area contributed by atoms with Crippen LogP contribution in [0.3, 0.4) is 0 Å². The molecule has 0 aliphatic carbocycles. The Bertz CT molecular complexity index is 679. The molecule has 0 aromatic heterocycles. The van der Waals surface area contributed by atoms with Crippen LogP contribution in [0.15, 0.2) is 29.3 Å². The summed E-state index contributed by atoms with van der Waals surface area (Å²) in [6, 6.07) is 5.89. The normalized spacial score (nSPS) is 17.2. The van der Waals surface area contributed by atoms with Gasteiger partial charge in [0.1, 0.15) is 5.82 Å². The number of nitrogens with one attached hydrogen (secondary N) is 2. The molecule has 0 bridgehead atoms. The molecule has 1 atom stereocenters. The minimum atomic E-state index is -0.317. The average Bonchev–Trinajstić information content (AvgIpc) is 2.70. The molecule has 8 heteroatoms. The molecule has 1 amide bonds. The molecule has 154 valence electrons. The lowest BCUT2D eigenvalue weighted by atomic mass is 9.98. The predicted octanol–water partition coefficient (Wildman–Crippen LogP) is 1.33. The molecule has 2 rings (SSSR count). The minimum absolute atomic E-state index is 0.122. The summed E-state index contributed by atoms with van der Waals surface area (Å²) in [5.41, 5.74) is 0.765. The van der Waals surface area contributed by atoms with Gasteiger partial charge in [-0.05, 0) is 37.5 Å². The molecule has 7 nitrogen and oxygen atoms in total. The number of amides is 1. The highest BCUT2D eigenvalue weighted by Crippen LogP contribution is 2.18. The number of aliphatic imine (C=N–C) groups is 1. The van der Waals surface area contributed by atoms with Crippen molar-refractivity contribution in [2.24, 2.45) is 10.9 Å². The van der Waals surface area contributed by atoms with Gasteiger partial charge in [0.2, 0.25) is 5.91 Å². The third kappa shape index (κ3) is 6.83. The fourth-order valence-corrected chi connectivity index (χ4v) is 3.18. The van der Waals surface area contributed by atoms with E-state index in [0.29, 0.717) is 32.2 Å². The average molecular weight is 392 g/mol. The summed E-state index contributed by atoms with van der Waals surface area (Å²) in [5.74, 6) is -0.0217. The summed E-state index contributed by atoms with van der Waals surface area (Å²) in [5, 5.41) is 6.05. The van der Waals surface area contributed by atoms with Crippen molar-refractivity contribution in [3.8, 4) is 0 Å². The molecule has 1 aliphatic rings. The SMILES string of the molecule is CCOC(=O)C1CCCN(C(=NC)NCCNC(=O)Cc2ccc(F)cc2)C1. The Labute approximate surface area is 165 Å². The number of piperidine rings is 1. The number of guanidine groups is 1. The van der Waals surface area contributed by atoms with Crippen LogP contribution in [0.25, 0.3) is 0 Å². The van der Waals surface area contributed by atoms with E-state index in [1.54, 1.807) is 19.2 Å². The second-order valence-electron chi connectivity index (χ2n) is 6.66. The molecule has 2 N–H and O–H groups in total. The number of likely N-dealkylation sites (tertiary alicyclic amines) is 1. The molecular weight excluding hydrogens is 363 g/mol. The largest absolute Gasteiger partial charge is 0.466 e. The second-order valence-corrected chi connectivity index (χ2v) is 6.66. The zero-order valence-corrected chi connectivity index (χ0v) is 16.5. The monoisotopic (exact) mass is 392 g/mol. The summed E-state index contributed by atoms with van der Waals surface area (Å²) in [6.07, 6.45) is 1.94. The number of hydrogen-bond acceptors (Lipinski definition) is 4. The number of halogens is 1. The van der Waals surface area contributed by atoms with Crippen LogP contribution in [-0.2, 0) is 20.7 Å². The van der Waals surface area contributed by atoms with Crippen molar-refractivity contribution in [1.29, 1.82) is 0 Å². The number of ether oxygens (including phenoxy) is 1. The van der Waals surface area contributed by atoms with Gasteiger partial charge in [-0.3, -0.25) is 14.6 Å². The van der Waals surface area contributed by atoms with Crippen LogP contribution < -0.4 is 10.6 Å². The molecule has 0 radical (unpaired) electrons. The summed E-state index contributed by atoms with van der Waals surface area (Å²) < 4.78 is 18.0. The first-order valence-electron chi connectivity index (χ1n) is 9.66. The van der Waals surface area contributed by atoms with Gasteiger partial charge in [0.25, 0.3) is 0 Å². The maximum absolute atomic E-state index is 12.9. The lowest BCUT2D eigenvalue weighted by molar-refractivity contribution is -0.149. The van der Waals surface area contributed by atoms with E-state index in [4.69, 9.17) is 4.74 Å². The molecule has 1 aromatic carbocycles. The zero-order valence-electron chi connectivity index (χ0n) is 16.5. The highest BCUT2D eigenvalue weighted by Gasteiger charge is 2.28. The van der Waals surface area contributed by atoms with E-state index in [2.05, 4.69) is 15.6 Å². The van der Waals surface area contributed by atoms with Crippen molar-refractivity contribution >= 4 is 17.8 Å². The molecule has 0 spiro atoms. The van der Waals surface area contributed by atoms with Gasteiger partial charge in [-0.25, -0.2) is 4.39 Å². The highest BCUT2D eigenvalue weighted by molar-refractivity contribution is 5.81. The van der Waals surface area contributed by atoms with Crippen molar-refractivity contribution in [3.05, 3.63) is 35.6 Å². The third-order valence-electron chi connectivity index (χ3n) is 4.56. The lowest BCUT2D eigenvalue weighted by Gasteiger charge is -2.33. The maximum atomic E-state index is 12.9. The quantitative estimate of drug-likeness (QED) is 0.317. The van der Waals surface area contributed by atoms with Crippen LogP contribution in [0.4, 0.5) is 4.39 Å². The van der Waals surface area contributed by atoms with E-state index in [-0.39, 0.29) is 30.0 Å². The first-order chi connectivity index (χ1) is 13.5. The van der Waals surface area contributed by atoms with Gasteiger partial charge in [0, 0.05) is 33.2 Å². The summed E-state index contributed by atoms with van der Waals surface area (Å²) >= 11 is 0. The molecular formula is C20H29FN4O3. The molecule has 1 aliphatic heterocycles. The smallest absolute Gasteiger partial charge is 0.310 e. The lowest BCUT2D eigenvalue weighted by Crippen LogP contribution is -2.49. The van der Waals surface area contributed by atoms with Crippen molar-refractivity contribution in [2.45, 2.75) is 26.2 Å². The molecule has 1 unspecified atom stereocenters. The molecule has 1 aromatic rings. The zero-order chi connectivity index (χ0) is 20.4. The number of carbonyl (C=O) groups is 2. The first kappa shape index (κ1) is 21.7. The topological polar surface area (TPSA) is 83.0 Å². The Morgan fingerprint density at radius 3 is 2.64 bits per heavy atom. The van der Waals surface area contributed by atoms with Crippen LogP contribution in [0.2, 0.25) is 0 Å². The van der Waals surface area contributed by atoms with E-state index in [0.717, 1.165) is 24.9 Å². The van der Waals surface area contributed by atoms with Gasteiger partial charge in [-0.2, -0.15) is 0 Å². The molecule has 28 heavy (non-hydrogen) atoms. The summed E-state index contributed by atoms with van der Waals surface area (Å²) in [4.78, 5) is 30.3. The second kappa shape index (κ2) is 11.3. The number of hydrogen-bond donors (Lipinski definition) is 2. The number of esters is 1. The van der Waals surface area contributed by atoms with Crippen LogP contribution >= 0.6 is 0 Å². The molecule has 0 saturated carbocycles. The maximum Gasteiger partial charge on any atom is 0.310 e. The number of rotatable bonds is 7. The van der Waals surface area contributed by atoms with E-state index < -0.39 is 0 Å². The van der Waals surface area contributed by atoms with Crippen LogP contribution in [-0.4, -0.2) is 62.6 Å². The standard InChI is InChI=1S/C20H29FN4O3/c1-3-28-19(27)16-5-4-12-25(14-16)20(22-2)24-11-10-23-18(26)13-15-6-8-17(21)9-7-15/h6-9,16H,3-5,10-14H2,1-2H3,(H,22,24)(H,23,26). The molecule has 1 saturated heterocycles. The Balaban J connectivity index is 1.72. The third-order valence-corrected chi connectivity index (χ3v) is 4.56. The van der Waals surface area contributed by atoms with Gasteiger partial charge >= 0.3 is 5.97 Å². The van der Waals surface area contributed by atoms with Crippen molar-refractivity contribution < 1.29 is 18.7 Å². The van der Waals surface area contributed by atoms with Gasteiger partial charge in [0.15, 0.2) is 5.96 Å². The predicted molar refractivity (Wildman–Crippen MR) is 105 cm³/mol. The van der Waals surface area contributed by atoms with Gasteiger partial charge in [-0.1, -0.05) is 12.1 Å². The highest BCUT2D eigenvalue weighted by atomic mass is 19.1. The fourth-order valence-electron chi connectivity index (χ4n) is 3.18.